The first-order chi connectivity index (χ1) is 16.1. The summed E-state index contributed by atoms with van der Waals surface area (Å²) >= 11 is 0. The van der Waals surface area contributed by atoms with Crippen LogP contribution in [0, 0.1) is 0 Å². The van der Waals surface area contributed by atoms with Crippen molar-refractivity contribution < 1.29 is 9.47 Å². The Morgan fingerprint density at radius 2 is 1.67 bits per heavy atom. The first kappa shape index (κ1) is 22.6. The van der Waals surface area contributed by atoms with E-state index in [1.807, 2.05) is 71.2 Å². The van der Waals surface area contributed by atoms with E-state index >= 15 is 0 Å². The van der Waals surface area contributed by atoms with Gasteiger partial charge in [-0.15, -0.1) is 5.10 Å². The Balaban J connectivity index is 1.38. The van der Waals surface area contributed by atoms with Crippen LogP contribution in [-0.2, 0) is 0 Å². The lowest BCUT2D eigenvalue weighted by atomic mass is 10.1. The van der Waals surface area contributed by atoms with Gasteiger partial charge in [0.15, 0.2) is 5.65 Å². The Morgan fingerprint density at radius 1 is 0.909 bits per heavy atom. The lowest BCUT2D eigenvalue weighted by Crippen LogP contribution is -2.29. The molecular formula is C25H30N6O2. The summed E-state index contributed by atoms with van der Waals surface area (Å²) in [6.07, 6.45) is 0. The molecule has 0 spiro atoms. The molecular weight excluding hydrogens is 416 g/mol. The van der Waals surface area contributed by atoms with Crippen molar-refractivity contribution in [2.75, 3.05) is 52.8 Å². The van der Waals surface area contributed by atoms with Gasteiger partial charge in [-0.2, -0.15) is 4.98 Å². The van der Waals surface area contributed by atoms with Crippen molar-refractivity contribution in [2.24, 2.45) is 0 Å². The molecule has 2 heterocycles. The summed E-state index contributed by atoms with van der Waals surface area (Å²) in [6.45, 7) is 3.41. The molecule has 33 heavy (non-hydrogen) atoms. The van der Waals surface area contributed by atoms with E-state index in [9.17, 15) is 0 Å². The number of anilines is 2. The molecule has 0 bridgehead atoms. The Morgan fingerprint density at radius 3 is 2.39 bits per heavy atom. The summed E-state index contributed by atoms with van der Waals surface area (Å²) < 4.78 is 12.9. The average Bonchev–Trinajstić information content (AvgIpc) is 3.25. The molecule has 2 N–H and O–H groups in total. The van der Waals surface area contributed by atoms with Crippen molar-refractivity contribution in [1.82, 2.24) is 24.8 Å². The molecule has 0 aliphatic rings. The summed E-state index contributed by atoms with van der Waals surface area (Å²) in [4.78, 5) is 6.76. The first-order valence-corrected chi connectivity index (χ1v) is 11.0. The molecule has 4 rings (SSSR count). The summed E-state index contributed by atoms with van der Waals surface area (Å²) in [5.74, 6) is 2.19. The van der Waals surface area contributed by atoms with Crippen molar-refractivity contribution >= 4 is 17.3 Å². The number of benzene rings is 2. The Labute approximate surface area is 194 Å². The zero-order chi connectivity index (χ0) is 23.0. The molecule has 172 valence electrons. The van der Waals surface area contributed by atoms with Crippen molar-refractivity contribution in [3.05, 3.63) is 66.7 Å². The second-order valence-electron chi connectivity index (χ2n) is 7.90. The van der Waals surface area contributed by atoms with Crippen LogP contribution >= 0.6 is 0 Å². The predicted octanol–water partition coefficient (Wildman–Crippen LogP) is 3.68. The number of pyridine rings is 1. The highest BCUT2D eigenvalue weighted by molar-refractivity contribution is 5.65. The van der Waals surface area contributed by atoms with Gasteiger partial charge in [-0.05, 0) is 74.8 Å². The summed E-state index contributed by atoms with van der Waals surface area (Å²) in [7, 11) is 5.79. The highest BCUT2D eigenvalue weighted by Gasteiger charge is 2.09. The molecule has 4 aromatic rings. The van der Waals surface area contributed by atoms with Gasteiger partial charge in [0.25, 0.3) is 0 Å². The summed E-state index contributed by atoms with van der Waals surface area (Å²) in [5, 5.41) is 11.3. The van der Waals surface area contributed by atoms with E-state index in [4.69, 9.17) is 9.47 Å². The predicted molar refractivity (Wildman–Crippen MR) is 132 cm³/mol. The molecule has 0 atom stereocenters. The van der Waals surface area contributed by atoms with E-state index in [1.54, 1.807) is 7.11 Å². The fourth-order valence-electron chi connectivity index (χ4n) is 3.37. The highest BCUT2D eigenvalue weighted by Crippen LogP contribution is 2.24. The number of methoxy groups -OCH3 is 1. The molecule has 8 nitrogen and oxygen atoms in total. The molecule has 0 unspecified atom stereocenters. The highest BCUT2D eigenvalue weighted by atomic mass is 16.5. The van der Waals surface area contributed by atoms with Gasteiger partial charge in [0.1, 0.15) is 18.1 Å². The monoisotopic (exact) mass is 446 g/mol. The van der Waals surface area contributed by atoms with Crippen molar-refractivity contribution in [3.63, 3.8) is 0 Å². The molecule has 0 aliphatic carbocycles. The lowest BCUT2D eigenvalue weighted by molar-refractivity contribution is 0.308. The second-order valence-corrected chi connectivity index (χ2v) is 7.90. The van der Waals surface area contributed by atoms with Crippen molar-refractivity contribution in [2.45, 2.75) is 0 Å². The summed E-state index contributed by atoms with van der Waals surface area (Å²) in [6, 6.07) is 21.7. The van der Waals surface area contributed by atoms with Gasteiger partial charge in [0.2, 0.25) is 5.95 Å². The zero-order valence-electron chi connectivity index (χ0n) is 19.3. The van der Waals surface area contributed by atoms with Crippen LogP contribution < -0.4 is 20.1 Å². The van der Waals surface area contributed by atoms with Crippen LogP contribution in [0.15, 0.2) is 66.7 Å². The quantitative estimate of drug-likeness (QED) is 0.340. The lowest BCUT2D eigenvalue weighted by Gasteiger charge is -2.11. The van der Waals surface area contributed by atoms with Crippen LogP contribution in [0.25, 0.3) is 16.9 Å². The molecule has 0 saturated heterocycles. The third-order valence-electron chi connectivity index (χ3n) is 5.14. The fraction of sp³-hybridized carbons (Fsp3) is 0.280. The van der Waals surface area contributed by atoms with Gasteiger partial charge in [-0.1, -0.05) is 6.07 Å². The number of fused-ring (bicyclic) bond motifs is 1. The standard InChI is InChI=1S/C25H30N6O2/c1-30(2)17-15-26-16-18-33-22-13-9-20(10-14-22)27-25-28-24-6-4-5-23(31(24)29-25)19-7-11-21(32-3)12-8-19/h4-14,26H,15-18H2,1-3H3,(H,27,29). The minimum Gasteiger partial charge on any atom is -0.497 e. The molecule has 2 aromatic heterocycles. The molecule has 2 aromatic carbocycles. The summed E-state index contributed by atoms with van der Waals surface area (Å²) in [5.41, 5.74) is 3.66. The third-order valence-corrected chi connectivity index (χ3v) is 5.14. The largest absolute Gasteiger partial charge is 0.497 e. The maximum atomic E-state index is 5.80. The number of ether oxygens (including phenoxy) is 2. The van der Waals surface area contributed by atoms with Crippen molar-refractivity contribution in [3.8, 4) is 22.8 Å². The van der Waals surface area contributed by atoms with Crippen LogP contribution in [0.1, 0.15) is 0 Å². The van der Waals surface area contributed by atoms with E-state index in [-0.39, 0.29) is 0 Å². The molecule has 0 aliphatic heterocycles. The van der Waals surface area contributed by atoms with Gasteiger partial charge in [0.05, 0.1) is 12.8 Å². The Hall–Kier alpha value is -3.62. The fourth-order valence-corrected chi connectivity index (χ4v) is 3.37. The van der Waals surface area contributed by atoms with E-state index in [0.29, 0.717) is 12.6 Å². The maximum Gasteiger partial charge on any atom is 0.247 e. The number of hydrogen-bond acceptors (Lipinski definition) is 7. The first-order valence-electron chi connectivity index (χ1n) is 11.0. The van der Waals surface area contributed by atoms with Crippen LogP contribution in [0.4, 0.5) is 11.6 Å². The van der Waals surface area contributed by atoms with E-state index in [0.717, 1.165) is 53.7 Å². The minimum absolute atomic E-state index is 0.537. The van der Waals surface area contributed by atoms with Crippen LogP contribution in [0.3, 0.4) is 0 Å². The number of nitrogens with zero attached hydrogens (tertiary/aromatic N) is 4. The average molecular weight is 447 g/mol. The number of likely N-dealkylation sites (N-methyl/N-ethyl adjacent to an activating group) is 1. The number of rotatable bonds is 11. The maximum absolute atomic E-state index is 5.80. The van der Waals surface area contributed by atoms with Gasteiger partial charge in [0, 0.05) is 30.9 Å². The molecule has 0 saturated carbocycles. The SMILES string of the molecule is COc1ccc(-c2cccc3nc(Nc4ccc(OCCNCCN(C)C)cc4)nn23)cc1. The van der Waals surface area contributed by atoms with Gasteiger partial charge >= 0.3 is 0 Å². The second kappa shape index (κ2) is 10.8. The molecule has 0 fully saturated rings. The van der Waals surface area contributed by atoms with Gasteiger partial charge in [-0.3, -0.25) is 0 Å². The molecule has 0 radical (unpaired) electrons. The van der Waals surface area contributed by atoms with Crippen LogP contribution in [0.2, 0.25) is 0 Å². The molecule has 0 amide bonds. The Bertz CT molecular complexity index is 1160. The van der Waals surface area contributed by atoms with Gasteiger partial charge < -0.3 is 25.0 Å². The third kappa shape index (κ3) is 6.00. The number of hydrogen-bond donors (Lipinski definition) is 2. The van der Waals surface area contributed by atoms with Crippen LogP contribution in [-0.4, -0.2) is 66.9 Å². The zero-order valence-corrected chi connectivity index (χ0v) is 19.3. The van der Waals surface area contributed by atoms with E-state index in [2.05, 4.69) is 39.7 Å². The van der Waals surface area contributed by atoms with E-state index in [1.165, 1.54) is 0 Å². The normalized spacial score (nSPS) is 11.2. The number of aromatic nitrogens is 3. The van der Waals surface area contributed by atoms with E-state index < -0.39 is 0 Å². The van der Waals surface area contributed by atoms with Crippen LogP contribution in [0.5, 0.6) is 11.5 Å². The topological polar surface area (TPSA) is 75.9 Å². The molecule has 8 heteroatoms. The van der Waals surface area contributed by atoms with Crippen molar-refractivity contribution in [1.29, 1.82) is 0 Å². The van der Waals surface area contributed by atoms with Gasteiger partial charge in [-0.25, -0.2) is 4.52 Å². The Kier molecular flexibility index (Phi) is 7.39. The number of nitrogens with one attached hydrogen (secondary N) is 2. The minimum atomic E-state index is 0.537. The smallest absolute Gasteiger partial charge is 0.247 e.